The summed E-state index contributed by atoms with van der Waals surface area (Å²) in [4.78, 5) is 24.6. The minimum Gasteiger partial charge on any atom is -0.496 e. The number of amides is 3. The van der Waals surface area contributed by atoms with Gasteiger partial charge in [0.2, 0.25) is 0 Å². The maximum absolute atomic E-state index is 12.5. The van der Waals surface area contributed by atoms with Gasteiger partial charge in [0.15, 0.2) is 6.04 Å². The number of benzene rings is 2. The van der Waals surface area contributed by atoms with Crippen molar-refractivity contribution >= 4 is 11.9 Å². The van der Waals surface area contributed by atoms with E-state index in [-0.39, 0.29) is 0 Å². The predicted molar refractivity (Wildman–Crippen MR) is 95.2 cm³/mol. The first-order valence-electron chi connectivity index (χ1n) is 8.03. The Kier molecular flexibility index (Phi) is 6.14. The summed E-state index contributed by atoms with van der Waals surface area (Å²) in [5.74, 6) is 0.342. The zero-order valence-electron chi connectivity index (χ0n) is 14.7. The molecule has 6 nitrogen and oxygen atoms in total. The van der Waals surface area contributed by atoms with E-state index in [1.54, 1.807) is 7.11 Å². The quantitative estimate of drug-likeness (QED) is 0.731. The van der Waals surface area contributed by atoms with Crippen molar-refractivity contribution in [2.75, 3.05) is 14.2 Å². The highest BCUT2D eigenvalue weighted by Gasteiger charge is 2.30. The molecule has 2 aromatic rings. The van der Waals surface area contributed by atoms with Gasteiger partial charge in [-0.25, -0.2) is 4.79 Å². The monoisotopic (exact) mass is 342 g/mol. The summed E-state index contributed by atoms with van der Waals surface area (Å²) in [6.07, 6.45) is 0. The summed E-state index contributed by atoms with van der Waals surface area (Å²) in [5.41, 5.74) is 8.04. The number of nitrogens with one attached hydrogen (secondary N) is 2. The van der Waals surface area contributed by atoms with Crippen LogP contribution in [0.15, 0.2) is 48.5 Å². The Labute approximate surface area is 147 Å². The lowest BCUT2D eigenvalue weighted by Crippen LogP contribution is -3.09. The van der Waals surface area contributed by atoms with Crippen molar-refractivity contribution in [3.8, 4) is 5.75 Å². The lowest BCUT2D eigenvalue weighted by molar-refractivity contribution is -0.916. The first-order chi connectivity index (χ1) is 11.9. The van der Waals surface area contributed by atoms with Crippen LogP contribution in [0.3, 0.4) is 0 Å². The normalized spacial score (nSPS) is 12.9. The summed E-state index contributed by atoms with van der Waals surface area (Å²) < 4.78 is 5.42. The van der Waals surface area contributed by atoms with Crippen LogP contribution in [-0.2, 0) is 11.3 Å². The Morgan fingerprint density at radius 1 is 1.20 bits per heavy atom. The van der Waals surface area contributed by atoms with E-state index < -0.39 is 18.0 Å². The Morgan fingerprint density at radius 2 is 1.88 bits per heavy atom. The third-order valence-corrected chi connectivity index (χ3v) is 4.04. The fourth-order valence-corrected chi connectivity index (χ4v) is 2.95. The van der Waals surface area contributed by atoms with E-state index in [1.807, 2.05) is 62.5 Å². The van der Waals surface area contributed by atoms with Crippen molar-refractivity contribution in [1.82, 2.24) is 5.32 Å². The second-order valence-corrected chi connectivity index (χ2v) is 6.04. The average Bonchev–Trinajstić information content (AvgIpc) is 2.55. The number of imide groups is 1. The number of aryl methyl sites for hydroxylation is 1. The largest absolute Gasteiger partial charge is 0.496 e. The first kappa shape index (κ1) is 18.5. The van der Waals surface area contributed by atoms with Gasteiger partial charge in [0.1, 0.15) is 12.3 Å². The molecule has 0 saturated heterocycles. The van der Waals surface area contributed by atoms with Crippen LogP contribution >= 0.6 is 0 Å². The molecule has 2 aromatic carbocycles. The second kappa shape index (κ2) is 8.30. The van der Waals surface area contributed by atoms with Gasteiger partial charge < -0.3 is 15.4 Å². The van der Waals surface area contributed by atoms with Crippen molar-refractivity contribution in [3.05, 3.63) is 65.2 Å². The van der Waals surface area contributed by atoms with Crippen LogP contribution < -0.4 is 20.7 Å². The van der Waals surface area contributed by atoms with Crippen LogP contribution in [0.25, 0.3) is 0 Å². The lowest BCUT2D eigenvalue weighted by Gasteiger charge is -2.25. The van der Waals surface area contributed by atoms with Crippen LogP contribution in [0.2, 0.25) is 0 Å². The van der Waals surface area contributed by atoms with E-state index in [0.717, 1.165) is 27.3 Å². The molecule has 6 heteroatoms. The van der Waals surface area contributed by atoms with Crippen molar-refractivity contribution in [1.29, 1.82) is 0 Å². The first-order valence-corrected chi connectivity index (χ1v) is 8.03. The number of quaternary nitrogens is 1. The van der Waals surface area contributed by atoms with E-state index in [4.69, 9.17) is 10.5 Å². The van der Waals surface area contributed by atoms with Gasteiger partial charge in [0, 0.05) is 11.1 Å². The van der Waals surface area contributed by atoms with E-state index in [1.165, 1.54) is 0 Å². The zero-order valence-corrected chi connectivity index (χ0v) is 14.7. The molecule has 3 amide bonds. The molecule has 25 heavy (non-hydrogen) atoms. The molecule has 0 bridgehead atoms. The number of urea groups is 1. The van der Waals surface area contributed by atoms with Crippen LogP contribution in [0.4, 0.5) is 4.79 Å². The van der Waals surface area contributed by atoms with Gasteiger partial charge in [0.25, 0.3) is 5.91 Å². The molecule has 0 spiro atoms. The molecule has 0 aliphatic heterocycles. The fraction of sp³-hybridized carbons (Fsp3) is 0.263. The third kappa shape index (κ3) is 4.81. The molecule has 0 saturated carbocycles. The molecule has 1 unspecified atom stereocenters. The maximum atomic E-state index is 12.5. The van der Waals surface area contributed by atoms with Gasteiger partial charge in [-0.1, -0.05) is 42.0 Å². The minimum atomic E-state index is -0.855. The number of hydrogen-bond donors (Lipinski definition) is 3. The predicted octanol–water partition coefficient (Wildman–Crippen LogP) is 0.955. The van der Waals surface area contributed by atoms with Gasteiger partial charge >= 0.3 is 6.03 Å². The molecule has 0 fully saturated rings. The van der Waals surface area contributed by atoms with Crippen molar-refractivity contribution in [3.63, 3.8) is 0 Å². The molecule has 2 rings (SSSR count). The number of rotatable bonds is 6. The molecule has 0 radical (unpaired) electrons. The Balaban J connectivity index is 2.32. The van der Waals surface area contributed by atoms with Crippen molar-refractivity contribution in [2.24, 2.45) is 5.73 Å². The molecular formula is C19H24N3O3+. The van der Waals surface area contributed by atoms with Gasteiger partial charge in [-0.2, -0.15) is 0 Å². The topological polar surface area (TPSA) is 85.9 Å². The van der Waals surface area contributed by atoms with Gasteiger partial charge in [0.05, 0.1) is 14.2 Å². The summed E-state index contributed by atoms with van der Waals surface area (Å²) in [5, 5.41) is 2.20. The number of nitrogens with two attached hydrogens (primary N) is 1. The molecular weight excluding hydrogens is 318 g/mol. The molecule has 0 aliphatic carbocycles. The van der Waals surface area contributed by atoms with E-state index >= 15 is 0 Å². The Morgan fingerprint density at radius 3 is 2.48 bits per heavy atom. The highest BCUT2D eigenvalue weighted by Crippen LogP contribution is 2.19. The molecule has 0 heterocycles. The van der Waals surface area contributed by atoms with Crippen molar-refractivity contribution < 1.29 is 19.2 Å². The fourth-order valence-electron chi connectivity index (χ4n) is 2.95. The lowest BCUT2D eigenvalue weighted by atomic mass is 10.0. The van der Waals surface area contributed by atoms with Gasteiger partial charge in [-0.05, 0) is 19.1 Å². The average molecular weight is 342 g/mol. The van der Waals surface area contributed by atoms with Crippen LogP contribution in [0.1, 0.15) is 22.7 Å². The number of likely N-dealkylation sites (N-methyl/N-ethyl adjacent to an activating group) is 1. The highest BCUT2D eigenvalue weighted by molar-refractivity contribution is 5.96. The molecule has 2 atom stereocenters. The molecule has 0 aliphatic rings. The van der Waals surface area contributed by atoms with Gasteiger partial charge in [-0.3, -0.25) is 10.1 Å². The maximum Gasteiger partial charge on any atom is 0.319 e. The van der Waals surface area contributed by atoms with E-state index in [0.29, 0.717) is 6.54 Å². The summed E-state index contributed by atoms with van der Waals surface area (Å²) in [6.45, 7) is 2.56. The van der Waals surface area contributed by atoms with Gasteiger partial charge in [-0.15, -0.1) is 0 Å². The zero-order chi connectivity index (χ0) is 18.4. The molecule has 0 aromatic heterocycles. The number of hydrogen-bond acceptors (Lipinski definition) is 3. The van der Waals surface area contributed by atoms with Crippen molar-refractivity contribution in [2.45, 2.75) is 19.5 Å². The van der Waals surface area contributed by atoms with Crippen LogP contribution in [0.5, 0.6) is 5.75 Å². The standard InChI is InChI=1S/C19H23N3O3/c1-13-9-10-16(25-3)15(11-13)12-22(2)17(18(23)21-19(20)24)14-7-5-4-6-8-14/h4-11,17H,12H2,1-3H3,(H3,20,21,23,24)/p+1/t17-/m0/s1. The van der Waals surface area contributed by atoms with Crippen LogP contribution in [-0.4, -0.2) is 26.1 Å². The smallest absolute Gasteiger partial charge is 0.319 e. The number of ether oxygens (including phenoxy) is 1. The SMILES string of the molecule is COc1ccc(C)cc1C[NH+](C)[C@H](C(=O)NC(N)=O)c1ccccc1. The van der Waals surface area contributed by atoms with E-state index in [9.17, 15) is 9.59 Å². The summed E-state index contributed by atoms with van der Waals surface area (Å²) >= 11 is 0. The summed E-state index contributed by atoms with van der Waals surface area (Å²) in [6, 6.07) is 13.8. The summed E-state index contributed by atoms with van der Waals surface area (Å²) in [7, 11) is 3.53. The Bertz CT molecular complexity index is 747. The van der Waals surface area contributed by atoms with E-state index in [2.05, 4.69) is 5.32 Å². The number of carbonyl (C=O) groups is 2. The minimum absolute atomic E-state index is 0.428. The number of methoxy groups -OCH3 is 1. The third-order valence-electron chi connectivity index (χ3n) is 4.04. The molecule has 4 N–H and O–H groups in total. The van der Waals surface area contributed by atoms with Crippen LogP contribution in [0, 0.1) is 6.92 Å². The highest BCUT2D eigenvalue weighted by atomic mass is 16.5. The Hall–Kier alpha value is -2.86. The number of carbonyl (C=O) groups excluding carboxylic acids is 2. The number of primary amides is 1. The molecule has 132 valence electrons. The second-order valence-electron chi connectivity index (χ2n) is 6.04.